The molecule has 6 nitrogen and oxygen atoms in total. The first-order valence-corrected chi connectivity index (χ1v) is 6.79. The van der Waals surface area contributed by atoms with Crippen molar-refractivity contribution < 1.29 is 23.8 Å². The third-order valence-electron chi connectivity index (χ3n) is 2.61. The van der Waals surface area contributed by atoms with E-state index >= 15 is 0 Å². The van der Waals surface area contributed by atoms with Crippen LogP contribution in [-0.2, 0) is 20.6 Å². The number of ether oxygens (including phenoxy) is 3. The Hall–Kier alpha value is -3.12. The van der Waals surface area contributed by atoms with Gasteiger partial charge in [-0.3, -0.25) is 0 Å². The van der Waals surface area contributed by atoms with Crippen LogP contribution in [-0.4, -0.2) is 38.1 Å². The Bertz CT molecular complexity index is 585. The lowest BCUT2D eigenvalue weighted by Gasteiger charge is -2.18. The molecule has 0 saturated carbocycles. The average molecular weight is 315 g/mol. The molecule has 0 radical (unpaired) electrons. The van der Waals surface area contributed by atoms with Gasteiger partial charge < -0.3 is 19.5 Å². The smallest absolute Gasteiger partial charge is 0.436 e. The molecule has 0 aromatic heterocycles. The minimum atomic E-state index is -0.903. The Kier molecular flexibility index (Phi) is 8.25. The lowest BCUT2D eigenvalue weighted by Crippen LogP contribution is -2.40. The summed E-state index contributed by atoms with van der Waals surface area (Å²) in [6.07, 6.45) is 8.84. The van der Waals surface area contributed by atoms with E-state index in [0.29, 0.717) is 6.42 Å². The van der Waals surface area contributed by atoms with Crippen molar-refractivity contribution in [2.24, 2.45) is 0 Å². The quantitative estimate of drug-likeness (QED) is 0.613. The summed E-state index contributed by atoms with van der Waals surface area (Å²) in [5, 5.41) is 2.58. The molecule has 1 N–H and O–H groups in total. The van der Waals surface area contributed by atoms with E-state index in [1.54, 1.807) is 0 Å². The van der Waals surface area contributed by atoms with Crippen molar-refractivity contribution in [1.29, 1.82) is 0 Å². The monoisotopic (exact) mass is 315 g/mol. The predicted molar refractivity (Wildman–Crippen MR) is 83.4 cm³/mol. The molecular weight excluding hydrogens is 298 g/mol. The zero-order chi connectivity index (χ0) is 16.9. The van der Waals surface area contributed by atoms with Gasteiger partial charge in [-0.05, 0) is 12.0 Å². The van der Waals surface area contributed by atoms with Gasteiger partial charge in [-0.15, -0.1) is 12.8 Å². The number of amides is 1. The van der Waals surface area contributed by atoms with Crippen molar-refractivity contribution in [3.63, 3.8) is 0 Å². The number of rotatable bonds is 7. The van der Waals surface area contributed by atoms with Crippen LogP contribution in [0.5, 0.6) is 0 Å². The van der Waals surface area contributed by atoms with Crippen molar-refractivity contribution in [3.05, 3.63) is 35.9 Å². The van der Waals surface area contributed by atoms with Gasteiger partial charge in [0, 0.05) is 0 Å². The summed E-state index contributed by atoms with van der Waals surface area (Å²) in [5.74, 6) is 4.34. The number of alkyl carbamates (subject to hydrolysis) is 1. The standard InChI is InChI=1S/C17H17NO5/c1-3-10-21-16(19)18-15(12-14-8-6-5-7-9-14)13-23-17(20)22-11-4-2/h1-2,5-9,15H,10-13H2,(H,18,19). The summed E-state index contributed by atoms with van der Waals surface area (Å²) in [5.41, 5.74) is 0.954. The molecule has 1 atom stereocenters. The van der Waals surface area contributed by atoms with Crippen molar-refractivity contribution in [3.8, 4) is 24.7 Å². The molecule has 1 aromatic rings. The Labute approximate surface area is 135 Å². The highest BCUT2D eigenvalue weighted by Crippen LogP contribution is 2.04. The van der Waals surface area contributed by atoms with E-state index in [1.807, 2.05) is 30.3 Å². The summed E-state index contributed by atoms with van der Waals surface area (Å²) in [4.78, 5) is 22.9. The maximum atomic E-state index is 11.6. The summed E-state index contributed by atoms with van der Waals surface area (Å²) in [6, 6.07) is 8.88. The summed E-state index contributed by atoms with van der Waals surface area (Å²) >= 11 is 0. The molecule has 23 heavy (non-hydrogen) atoms. The molecule has 0 saturated heterocycles. The Balaban J connectivity index is 2.57. The average Bonchev–Trinajstić information content (AvgIpc) is 2.56. The van der Waals surface area contributed by atoms with Crippen LogP contribution >= 0.6 is 0 Å². The van der Waals surface area contributed by atoms with E-state index in [9.17, 15) is 9.59 Å². The number of benzene rings is 1. The van der Waals surface area contributed by atoms with Gasteiger partial charge in [0.2, 0.25) is 0 Å². The first-order valence-electron chi connectivity index (χ1n) is 6.79. The third kappa shape index (κ3) is 8.03. The number of nitrogens with one attached hydrogen (secondary N) is 1. The van der Waals surface area contributed by atoms with E-state index < -0.39 is 18.3 Å². The van der Waals surface area contributed by atoms with Gasteiger partial charge in [0.15, 0.2) is 13.2 Å². The number of terminal acetylenes is 2. The topological polar surface area (TPSA) is 73.9 Å². The van der Waals surface area contributed by atoms with E-state index in [2.05, 4.69) is 21.9 Å². The molecule has 0 heterocycles. The van der Waals surface area contributed by atoms with Gasteiger partial charge in [0.25, 0.3) is 0 Å². The molecule has 1 rings (SSSR count). The van der Waals surface area contributed by atoms with Crippen LogP contribution < -0.4 is 5.32 Å². The molecule has 1 unspecified atom stereocenters. The SMILES string of the molecule is C#CCOC(=O)NC(COC(=O)OCC#C)Cc1ccccc1. The highest BCUT2D eigenvalue weighted by molar-refractivity contribution is 5.68. The van der Waals surface area contributed by atoms with Gasteiger partial charge >= 0.3 is 12.2 Å². The van der Waals surface area contributed by atoms with E-state index in [-0.39, 0.29) is 19.8 Å². The first kappa shape index (κ1) is 17.9. The van der Waals surface area contributed by atoms with Crippen LogP contribution in [0.15, 0.2) is 30.3 Å². The zero-order valence-corrected chi connectivity index (χ0v) is 12.5. The molecule has 0 fully saturated rings. The first-order chi connectivity index (χ1) is 11.2. The largest absolute Gasteiger partial charge is 0.509 e. The van der Waals surface area contributed by atoms with Crippen LogP contribution in [0.1, 0.15) is 5.56 Å². The maximum Gasteiger partial charge on any atom is 0.509 e. The van der Waals surface area contributed by atoms with E-state index in [0.717, 1.165) is 5.56 Å². The predicted octanol–water partition coefficient (Wildman–Crippen LogP) is 1.74. The Morgan fingerprint density at radius 1 is 1.04 bits per heavy atom. The van der Waals surface area contributed by atoms with Crippen molar-refractivity contribution >= 4 is 12.2 Å². The van der Waals surface area contributed by atoms with Crippen molar-refractivity contribution in [2.75, 3.05) is 19.8 Å². The summed E-state index contributed by atoms with van der Waals surface area (Å²) < 4.78 is 14.3. The van der Waals surface area contributed by atoms with E-state index in [4.69, 9.17) is 22.3 Å². The minimum absolute atomic E-state index is 0.0938. The molecule has 0 aliphatic carbocycles. The van der Waals surface area contributed by atoms with E-state index in [1.165, 1.54) is 0 Å². The number of carbonyl (C=O) groups excluding carboxylic acids is 2. The fraction of sp³-hybridized carbons (Fsp3) is 0.294. The fourth-order valence-electron chi connectivity index (χ4n) is 1.68. The van der Waals surface area contributed by atoms with Crippen molar-refractivity contribution in [2.45, 2.75) is 12.5 Å². The van der Waals surface area contributed by atoms with Crippen molar-refractivity contribution in [1.82, 2.24) is 5.32 Å². The molecule has 120 valence electrons. The third-order valence-corrected chi connectivity index (χ3v) is 2.61. The molecule has 0 spiro atoms. The summed E-state index contributed by atoms with van der Waals surface area (Å²) in [6.45, 7) is -0.418. The van der Waals surface area contributed by atoms with Gasteiger partial charge in [-0.2, -0.15) is 0 Å². The van der Waals surface area contributed by atoms with Gasteiger partial charge in [0.1, 0.15) is 6.61 Å². The lowest BCUT2D eigenvalue weighted by molar-refractivity contribution is 0.0560. The van der Waals surface area contributed by atoms with Crippen LogP contribution in [0.3, 0.4) is 0 Å². The second kappa shape index (κ2) is 10.6. The summed E-state index contributed by atoms with van der Waals surface area (Å²) in [7, 11) is 0. The minimum Gasteiger partial charge on any atom is -0.436 e. The second-order valence-electron chi connectivity index (χ2n) is 4.37. The molecule has 0 aliphatic rings. The van der Waals surface area contributed by atoms with Crippen LogP contribution in [0.4, 0.5) is 9.59 Å². The fourth-order valence-corrected chi connectivity index (χ4v) is 1.68. The lowest BCUT2D eigenvalue weighted by atomic mass is 10.1. The number of hydrogen-bond acceptors (Lipinski definition) is 5. The zero-order valence-electron chi connectivity index (χ0n) is 12.5. The highest BCUT2D eigenvalue weighted by atomic mass is 16.7. The Morgan fingerprint density at radius 2 is 1.70 bits per heavy atom. The molecular formula is C17H17NO5. The Morgan fingerprint density at radius 3 is 2.35 bits per heavy atom. The molecule has 0 aliphatic heterocycles. The molecule has 0 bridgehead atoms. The molecule has 1 amide bonds. The maximum absolute atomic E-state index is 11.6. The molecule has 6 heteroatoms. The number of carbonyl (C=O) groups is 2. The van der Waals surface area contributed by atoms with Crippen LogP contribution in [0.2, 0.25) is 0 Å². The second-order valence-corrected chi connectivity index (χ2v) is 4.37. The molecule has 1 aromatic carbocycles. The van der Waals surface area contributed by atoms with Gasteiger partial charge in [-0.25, -0.2) is 9.59 Å². The van der Waals surface area contributed by atoms with Gasteiger partial charge in [0.05, 0.1) is 6.04 Å². The highest BCUT2D eigenvalue weighted by Gasteiger charge is 2.16. The van der Waals surface area contributed by atoms with Gasteiger partial charge in [-0.1, -0.05) is 42.2 Å². The van der Waals surface area contributed by atoms with Crippen LogP contribution in [0, 0.1) is 24.7 Å². The van der Waals surface area contributed by atoms with Crippen LogP contribution in [0.25, 0.3) is 0 Å². The normalized spacial score (nSPS) is 10.5. The number of hydrogen-bond donors (Lipinski definition) is 1.